The minimum atomic E-state index is -0.697. The molecule has 0 aromatic heterocycles. The van der Waals surface area contributed by atoms with Gasteiger partial charge in [0.2, 0.25) is 5.78 Å². The van der Waals surface area contributed by atoms with Gasteiger partial charge in [0.25, 0.3) is 0 Å². The molecule has 1 atom stereocenters. The molecule has 0 bridgehead atoms. The van der Waals surface area contributed by atoms with Crippen molar-refractivity contribution >= 4 is 33.9 Å². The summed E-state index contributed by atoms with van der Waals surface area (Å²) >= 11 is 1.91. The molecule has 2 aromatic carbocycles. The van der Waals surface area contributed by atoms with Gasteiger partial charge in [-0.2, -0.15) is 0 Å². The van der Waals surface area contributed by atoms with E-state index in [0.29, 0.717) is 20.6 Å². The Morgan fingerprint density at radius 1 is 1.14 bits per heavy atom. The average molecular weight is 409 g/mol. The molecular weight excluding hydrogens is 396 g/mol. The lowest BCUT2D eigenvalue weighted by molar-refractivity contribution is -0.120. The third kappa shape index (κ3) is 2.49. The van der Waals surface area contributed by atoms with E-state index in [0.717, 1.165) is 5.56 Å². The quantitative estimate of drug-likeness (QED) is 0.787. The van der Waals surface area contributed by atoms with E-state index in [9.17, 15) is 9.18 Å². The number of hydrogen-bond donors (Lipinski definition) is 1. The van der Waals surface area contributed by atoms with Gasteiger partial charge in [-0.05, 0) is 28.7 Å². The van der Waals surface area contributed by atoms with E-state index in [-0.39, 0.29) is 11.6 Å². The van der Waals surface area contributed by atoms with Crippen LogP contribution in [0.4, 0.5) is 4.39 Å². The molecule has 22 heavy (non-hydrogen) atoms. The molecule has 1 aliphatic heterocycles. The average Bonchev–Trinajstić information content (AvgIpc) is 2.87. The normalized spacial score (nSPS) is 17.6. The molecule has 0 amide bonds. The van der Waals surface area contributed by atoms with E-state index in [1.54, 1.807) is 19.2 Å². The van der Waals surface area contributed by atoms with E-state index in [1.807, 2.05) is 52.9 Å². The zero-order valence-electron chi connectivity index (χ0n) is 11.8. The molecule has 112 valence electrons. The van der Waals surface area contributed by atoms with Gasteiger partial charge >= 0.3 is 0 Å². The predicted octanol–water partition coefficient (Wildman–Crippen LogP) is 3.66. The van der Waals surface area contributed by atoms with Crippen molar-refractivity contribution in [1.29, 1.82) is 0 Å². The van der Waals surface area contributed by atoms with Crippen LogP contribution in [0.15, 0.2) is 54.4 Å². The van der Waals surface area contributed by atoms with Crippen LogP contribution in [0, 0.1) is 9.39 Å². The van der Waals surface area contributed by atoms with Gasteiger partial charge < -0.3 is 10.1 Å². The lowest BCUT2D eigenvalue weighted by Crippen LogP contribution is -2.10. The maximum absolute atomic E-state index is 13.8. The molecule has 0 aliphatic carbocycles. The van der Waals surface area contributed by atoms with Crippen LogP contribution in [0.25, 0.3) is 5.57 Å². The van der Waals surface area contributed by atoms with Crippen LogP contribution in [-0.2, 0) is 9.53 Å². The van der Waals surface area contributed by atoms with E-state index in [4.69, 9.17) is 4.74 Å². The molecule has 0 fully saturated rings. The Bertz CT molecular complexity index is 759. The molecule has 1 aliphatic rings. The van der Waals surface area contributed by atoms with Crippen LogP contribution in [0.1, 0.15) is 17.2 Å². The SMILES string of the molecule is CNC1=C(c2cccc(F)c2I)C(=O)C(c2ccccc2)O1. The van der Waals surface area contributed by atoms with Crippen LogP contribution < -0.4 is 5.32 Å². The summed E-state index contributed by atoms with van der Waals surface area (Å²) in [4.78, 5) is 12.8. The third-order valence-electron chi connectivity index (χ3n) is 3.50. The van der Waals surface area contributed by atoms with Crippen molar-refractivity contribution in [3.05, 3.63) is 74.9 Å². The van der Waals surface area contributed by atoms with Crippen molar-refractivity contribution in [3.8, 4) is 0 Å². The highest BCUT2D eigenvalue weighted by molar-refractivity contribution is 14.1. The Labute approximate surface area is 141 Å². The zero-order chi connectivity index (χ0) is 15.7. The number of halogens is 2. The Morgan fingerprint density at radius 2 is 1.86 bits per heavy atom. The standard InChI is InChI=1S/C17H13FINO2/c1-20-17-13(11-8-5-9-12(18)14(11)19)15(21)16(22-17)10-6-3-2-4-7-10/h2-9,16,20H,1H3. The predicted molar refractivity (Wildman–Crippen MR) is 90.4 cm³/mol. The number of Topliss-reactive ketones (excluding diaryl/α,β-unsaturated/α-hetero) is 1. The van der Waals surface area contributed by atoms with Crippen LogP contribution >= 0.6 is 22.6 Å². The van der Waals surface area contributed by atoms with E-state index >= 15 is 0 Å². The molecule has 5 heteroatoms. The minimum absolute atomic E-state index is 0.168. The van der Waals surface area contributed by atoms with E-state index in [1.165, 1.54) is 6.07 Å². The summed E-state index contributed by atoms with van der Waals surface area (Å²) in [6.45, 7) is 0. The van der Waals surface area contributed by atoms with Crippen molar-refractivity contribution in [2.24, 2.45) is 0 Å². The Kier molecular flexibility index (Phi) is 4.15. The maximum atomic E-state index is 13.8. The van der Waals surface area contributed by atoms with Crippen LogP contribution in [0.2, 0.25) is 0 Å². The first kappa shape index (κ1) is 15.0. The second-order valence-corrected chi connectivity index (χ2v) is 5.91. The summed E-state index contributed by atoms with van der Waals surface area (Å²) in [7, 11) is 1.68. The number of ether oxygens (including phenoxy) is 1. The van der Waals surface area contributed by atoms with Crippen LogP contribution in [0.5, 0.6) is 0 Å². The fourth-order valence-electron chi connectivity index (χ4n) is 2.46. The highest BCUT2D eigenvalue weighted by Gasteiger charge is 2.37. The van der Waals surface area contributed by atoms with Crippen LogP contribution in [-0.4, -0.2) is 12.8 Å². The number of rotatable bonds is 3. The highest BCUT2D eigenvalue weighted by atomic mass is 127. The number of carbonyl (C=O) groups excluding carboxylic acids is 1. The molecule has 1 unspecified atom stereocenters. The van der Waals surface area contributed by atoms with Crippen molar-refractivity contribution in [2.45, 2.75) is 6.10 Å². The lowest BCUT2D eigenvalue weighted by Gasteiger charge is -2.11. The topological polar surface area (TPSA) is 38.3 Å². The fourth-order valence-corrected chi connectivity index (χ4v) is 3.09. The summed E-state index contributed by atoms with van der Waals surface area (Å²) in [6, 6.07) is 14.0. The maximum Gasteiger partial charge on any atom is 0.214 e. The Hall–Kier alpha value is -1.89. The van der Waals surface area contributed by atoms with E-state index in [2.05, 4.69) is 5.32 Å². The van der Waals surface area contributed by atoms with Gasteiger partial charge in [0.15, 0.2) is 12.0 Å². The number of nitrogens with one attached hydrogen (secondary N) is 1. The Morgan fingerprint density at radius 3 is 2.55 bits per heavy atom. The summed E-state index contributed by atoms with van der Waals surface area (Å²) < 4.78 is 20.0. The van der Waals surface area contributed by atoms with Crippen molar-refractivity contribution in [2.75, 3.05) is 7.05 Å². The first-order valence-corrected chi connectivity index (χ1v) is 7.83. The Balaban J connectivity index is 2.06. The van der Waals surface area contributed by atoms with Gasteiger partial charge in [0.1, 0.15) is 5.82 Å². The number of carbonyl (C=O) groups is 1. The lowest BCUT2D eigenvalue weighted by atomic mass is 9.97. The first-order valence-electron chi connectivity index (χ1n) is 6.75. The van der Waals surface area contributed by atoms with Crippen LogP contribution in [0.3, 0.4) is 0 Å². The molecule has 3 rings (SSSR count). The molecule has 2 aromatic rings. The van der Waals surface area contributed by atoms with Gasteiger partial charge in [-0.1, -0.05) is 42.5 Å². The van der Waals surface area contributed by atoms with Gasteiger partial charge in [-0.25, -0.2) is 4.39 Å². The second kappa shape index (κ2) is 6.08. The summed E-state index contributed by atoms with van der Waals surface area (Å²) in [5, 5.41) is 2.90. The number of ketones is 1. The molecule has 0 spiro atoms. The highest BCUT2D eigenvalue weighted by Crippen LogP contribution is 2.38. The largest absolute Gasteiger partial charge is 0.462 e. The molecule has 1 heterocycles. The van der Waals surface area contributed by atoms with Crippen molar-refractivity contribution < 1.29 is 13.9 Å². The molecule has 0 saturated carbocycles. The zero-order valence-corrected chi connectivity index (χ0v) is 13.9. The molecule has 0 radical (unpaired) electrons. The molecule has 3 nitrogen and oxygen atoms in total. The minimum Gasteiger partial charge on any atom is -0.462 e. The smallest absolute Gasteiger partial charge is 0.214 e. The molecule has 0 saturated heterocycles. The number of benzene rings is 2. The summed E-state index contributed by atoms with van der Waals surface area (Å²) in [6.07, 6.45) is -0.697. The summed E-state index contributed by atoms with van der Waals surface area (Å²) in [5.41, 5.74) is 1.72. The molecule has 1 N–H and O–H groups in total. The van der Waals surface area contributed by atoms with Gasteiger partial charge in [0, 0.05) is 18.2 Å². The fraction of sp³-hybridized carbons (Fsp3) is 0.118. The van der Waals surface area contributed by atoms with E-state index < -0.39 is 6.10 Å². The number of hydrogen-bond acceptors (Lipinski definition) is 3. The summed E-state index contributed by atoms with van der Waals surface area (Å²) in [5.74, 6) is -0.140. The molecular formula is C17H13FINO2. The van der Waals surface area contributed by atoms with Gasteiger partial charge in [0.05, 0.1) is 9.14 Å². The van der Waals surface area contributed by atoms with Crippen molar-refractivity contribution in [1.82, 2.24) is 5.32 Å². The second-order valence-electron chi connectivity index (χ2n) is 4.83. The van der Waals surface area contributed by atoms with Crippen molar-refractivity contribution in [3.63, 3.8) is 0 Å². The first-order chi connectivity index (χ1) is 10.6. The monoisotopic (exact) mass is 409 g/mol. The van der Waals surface area contributed by atoms with Gasteiger partial charge in [-0.3, -0.25) is 4.79 Å². The third-order valence-corrected chi connectivity index (χ3v) is 4.59. The van der Waals surface area contributed by atoms with Gasteiger partial charge in [-0.15, -0.1) is 0 Å².